The first-order valence-corrected chi connectivity index (χ1v) is 13.7. The predicted molar refractivity (Wildman–Crippen MR) is 130 cm³/mol. The van der Waals surface area contributed by atoms with E-state index in [9.17, 15) is 30.4 Å². The Morgan fingerprint density at radius 2 is 1.81 bits per heavy atom. The summed E-state index contributed by atoms with van der Waals surface area (Å²) in [5.74, 6) is -3.62. The minimum atomic E-state index is -4.84. The highest BCUT2D eigenvalue weighted by atomic mass is 32.2. The Morgan fingerprint density at radius 1 is 1.11 bits per heavy atom. The Hall–Kier alpha value is -2.44. The predicted octanol–water partition coefficient (Wildman–Crippen LogP) is 6.18. The van der Waals surface area contributed by atoms with Crippen LogP contribution in [0.5, 0.6) is 5.75 Å². The maximum absolute atomic E-state index is 13.8. The van der Waals surface area contributed by atoms with E-state index in [4.69, 9.17) is 0 Å². The standard InChI is InChI=1S/C24H25F5N2O3S2/c1-17-20-5-2-3-6-21(20)35-22(17)31(15-18-7-9-19(10-8-18)34-24(27,28)29)36(32,33)14-13-30-12-4-11-23(25,26)16-30/h2-3,5-10H,4,11-16H2,1H3. The summed E-state index contributed by atoms with van der Waals surface area (Å²) in [6, 6.07) is 12.4. The van der Waals surface area contributed by atoms with Gasteiger partial charge in [0, 0.05) is 17.7 Å². The Bertz CT molecular complexity index is 1310. The van der Waals surface area contributed by atoms with Gasteiger partial charge in [0.1, 0.15) is 10.8 Å². The zero-order valence-electron chi connectivity index (χ0n) is 19.4. The quantitative estimate of drug-likeness (QED) is 0.316. The van der Waals surface area contributed by atoms with Gasteiger partial charge in [-0.15, -0.1) is 24.5 Å². The lowest BCUT2D eigenvalue weighted by Crippen LogP contribution is -2.45. The lowest BCUT2D eigenvalue weighted by molar-refractivity contribution is -0.274. The molecular formula is C24H25F5N2O3S2. The van der Waals surface area contributed by atoms with E-state index in [1.54, 1.807) is 0 Å². The summed E-state index contributed by atoms with van der Waals surface area (Å²) in [4.78, 5) is 1.46. The molecule has 1 saturated heterocycles. The molecule has 4 rings (SSSR count). The number of hydrogen-bond donors (Lipinski definition) is 0. The lowest BCUT2D eigenvalue weighted by Gasteiger charge is -2.33. The molecule has 0 atom stereocenters. The highest BCUT2D eigenvalue weighted by Crippen LogP contribution is 2.40. The van der Waals surface area contributed by atoms with Crippen LogP contribution in [0.25, 0.3) is 10.1 Å². The number of alkyl halides is 5. The number of anilines is 1. The summed E-state index contributed by atoms with van der Waals surface area (Å²) in [6.45, 7) is 1.55. The number of hydrogen-bond acceptors (Lipinski definition) is 5. The molecule has 2 aromatic carbocycles. The van der Waals surface area contributed by atoms with E-state index in [1.165, 1.54) is 32.7 Å². The van der Waals surface area contributed by atoms with Crippen LogP contribution in [-0.2, 0) is 16.6 Å². The Labute approximate surface area is 210 Å². The number of sulfonamides is 1. The van der Waals surface area contributed by atoms with E-state index in [0.717, 1.165) is 27.8 Å². The molecular weight excluding hydrogens is 523 g/mol. The van der Waals surface area contributed by atoms with Crippen molar-refractivity contribution in [2.45, 2.75) is 38.6 Å². The van der Waals surface area contributed by atoms with Crippen LogP contribution in [0.4, 0.5) is 27.0 Å². The molecule has 0 unspecified atom stereocenters. The lowest BCUT2D eigenvalue weighted by atomic mass is 10.1. The third-order valence-corrected chi connectivity index (χ3v) is 9.09. The number of aryl methyl sites for hydroxylation is 1. The molecule has 0 saturated carbocycles. The first kappa shape index (κ1) is 26.6. The number of ether oxygens (including phenoxy) is 1. The van der Waals surface area contributed by atoms with E-state index in [0.29, 0.717) is 23.5 Å². The van der Waals surface area contributed by atoms with Crippen molar-refractivity contribution in [1.82, 2.24) is 4.90 Å². The molecule has 0 amide bonds. The first-order valence-electron chi connectivity index (χ1n) is 11.3. The second kappa shape index (κ2) is 10.1. The minimum Gasteiger partial charge on any atom is -0.406 e. The van der Waals surface area contributed by atoms with Crippen molar-refractivity contribution in [3.8, 4) is 5.75 Å². The average Bonchev–Trinajstić information content (AvgIpc) is 3.12. The smallest absolute Gasteiger partial charge is 0.406 e. The summed E-state index contributed by atoms with van der Waals surface area (Å²) in [5, 5.41) is 1.37. The molecule has 0 bridgehead atoms. The third-order valence-electron chi connectivity index (χ3n) is 6.00. The Kier molecular flexibility index (Phi) is 7.50. The van der Waals surface area contributed by atoms with E-state index in [2.05, 4.69) is 4.74 Å². The maximum atomic E-state index is 13.8. The first-order chi connectivity index (χ1) is 16.8. The van der Waals surface area contributed by atoms with Crippen LogP contribution in [0.2, 0.25) is 0 Å². The van der Waals surface area contributed by atoms with Crippen molar-refractivity contribution in [3.05, 3.63) is 59.7 Å². The highest BCUT2D eigenvalue weighted by Gasteiger charge is 2.36. The molecule has 1 aliphatic rings. The molecule has 12 heteroatoms. The summed E-state index contributed by atoms with van der Waals surface area (Å²) in [7, 11) is -3.97. The molecule has 1 fully saturated rings. The summed E-state index contributed by atoms with van der Waals surface area (Å²) in [6.07, 6.45) is -4.76. The van der Waals surface area contributed by atoms with Crippen molar-refractivity contribution in [1.29, 1.82) is 0 Å². The Balaban J connectivity index is 1.62. The molecule has 3 aromatic rings. The van der Waals surface area contributed by atoms with Crippen molar-refractivity contribution < 1.29 is 35.1 Å². The van der Waals surface area contributed by atoms with Gasteiger partial charge in [0.25, 0.3) is 5.92 Å². The van der Waals surface area contributed by atoms with E-state index in [-0.39, 0.29) is 25.3 Å². The number of piperidine rings is 1. The monoisotopic (exact) mass is 548 g/mol. The van der Waals surface area contributed by atoms with Gasteiger partial charge in [-0.1, -0.05) is 30.3 Å². The van der Waals surface area contributed by atoms with Crippen LogP contribution in [0.1, 0.15) is 24.0 Å². The summed E-state index contributed by atoms with van der Waals surface area (Å²) < 4.78 is 98.3. The highest BCUT2D eigenvalue weighted by molar-refractivity contribution is 7.93. The van der Waals surface area contributed by atoms with Crippen LogP contribution < -0.4 is 9.04 Å². The van der Waals surface area contributed by atoms with Crippen LogP contribution in [-0.4, -0.2) is 51.0 Å². The van der Waals surface area contributed by atoms with Crippen molar-refractivity contribution in [2.75, 3.05) is 29.7 Å². The molecule has 2 heterocycles. The number of benzene rings is 2. The normalized spacial score (nSPS) is 16.8. The fourth-order valence-electron chi connectivity index (χ4n) is 4.25. The second-order valence-electron chi connectivity index (χ2n) is 8.78. The van der Waals surface area contributed by atoms with Gasteiger partial charge in [0.15, 0.2) is 0 Å². The Morgan fingerprint density at radius 3 is 2.44 bits per heavy atom. The number of halogens is 5. The molecule has 0 N–H and O–H groups in total. The van der Waals surface area contributed by atoms with Crippen LogP contribution in [0.3, 0.4) is 0 Å². The largest absolute Gasteiger partial charge is 0.573 e. The molecule has 0 spiro atoms. The van der Waals surface area contributed by atoms with Gasteiger partial charge in [0.2, 0.25) is 10.0 Å². The van der Waals surface area contributed by atoms with Gasteiger partial charge in [0.05, 0.1) is 18.8 Å². The van der Waals surface area contributed by atoms with Gasteiger partial charge in [-0.25, -0.2) is 17.2 Å². The van der Waals surface area contributed by atoms with Crippen molar-refractivity contribution >= 4 is 36.4 Å². The number of nitrogens with zero attached hydrogens (tertiary/aromatic N) is 2. The van der Waals surface area contributed by atoms with E-state index < -0.39 is 34.6 Å². The number of likely N-dealkylation sites (tertiary alicyclic amines) is 1. The van der Waals surface area contributed by atoms with Crippen molar-refractivity contribution in [2.24, 2.45) is 0 Å². The van der Waals surface area contributed by atoms with Gasteiger partial charge >= 0.3 is 6.36 Å². The molecule has 1 aliphatic heterocycles. The minimum absolute atomic E-state index is 0.0449. The molecule has 0 radical (unpaired) electrons. The molecule has 196 valence electrons. The number of fused-ring (bicyclic) bond motifs is 1. The van der Waals surface area contributed by atoms with Gasteiger partial charge in [-0.3, -0.25) is 9.21 Å². The molecule has 1 aromatic heterocycles. The maximum Gasteiger partial charge on any atom is 0.573 e. The summed E-state index contributed by atoms with van der Waals surface area (Å²) >= 11 is 1.29. The average molecular weight is 549 g/mol. The number of thiophene rings is 1. The fraction of sp³-hybridized carbons (Fsp3) is 0.417. The topological polar surface area (TPSA) is 49.9 Å². The zero-order chi connectivity index (χ0) is 26.1. The zero-order valence-corrected chi connectivity index (χ0v) is 21.0. The third kappa shape index (κ3) is 6.46. The molecule has 0 aliphatic carbocycles. The van der Waals surface area contributed by atoms with Crippen molar-refractivity contribution in [3.63, 3.8) is 0 Å². The molecule has 5 nitrogen and oxygen atoms in total. The van der Waals surface area contributed by atoms with Crippen LogP contribution in [0.15, 0.2) is 48.5 Å². The van der Waals surface area contributed by atoms with E-state index >= 15 is 0 Å². The second-order valence-corrected chi connectivity index (χ2v) is 11.8. The van der Waals surface area contributed by atoms with E-state index in [1.807, 2.05) is 31.2 Å². The van der Waals surface area contributed by atoms with Crippen LogP contribution >= 0.6 is 11.3 Å². The van der Waals surface area contributed by atoms with Crippen LogP contribution in [0, 0.1) is 6.92 Å². The van der Waals surface area contributed by atoms with Gasteiger partial charge < -0.3 is 4.74 Å². The van der Waals surface area contributed by atoms with Gasteiger partial charge in [-0.05, 0) is 54.6 Å². The fourth-order valence-corrected chi connectivity index (χ4v) is 7.26. The van der Waals surface area contributed by atoms with Gasteiger partial charge in [-0.2, -0.15) is 0 Å². The molecule has 36 heavy (non-hydrogen) atoms. The summed E-state index contributed by atoms with van der Waals surface area (Å²) in [5.41, 5.74) is 1.20. The SMILES string of the molecule is Cc1c(N(Cc2ccc(OC(F)(F)F)cc2)S(=O)(=O)CCN2CCCC(F)(F)C2)sc2ccccc12. The number of rotatable bonds is 8.